The van der Waals surface area contributed by atoms with E-state index < -0.39 is 0 Å². The molecule has 1 aliphatic rings. The molecule has 0 spiro atoms. The van der Waals surface area contributed by atoms with Gasteiger partial charge < -0.3 is 5.32 Å². The molecule has 0 bridgehead atoms. The van der Waals surface area contributed by atoms with Crippen LogP contribution in [0.3, 0.4) is 0 Å². The molecule has 2 unspecified atom stereocenters. The molecule has 1 aliphatic heterocycles. The number of hydrazine groups is 1. The minimum absolute atomic E-state index is 0.528. The van der Waals surface area contributed by atoms with Crippen molar-refractivity contribution in [2.75, 3.05) is 5.32 Å². The summed E-state index contributed by atoms with van der Waals surface area (Å²) in [6.07, 6.45) is 3.76. The smallest absolute Gasteiger partial charge is 0.185 e. The number of benzene rings is 1. The Hall–Kier alpha value is -1.13. The normalized spacial score (nSPS) is 23.9. The molecule has 1 heterocycles. The number of para-hydroxylation sites is 1. The molecule has 0 aromatic heterocycles. The van der Waals surface area contributed by atoms with Gasteiger partial charge in [-0.15, -0.1) is 0 Å². The Morgan fingerprint density at radius 3 is 2.47 bits per heavy atom. The summed E-state index contributed by atoms with van der Waals surface area (Å²) in [7, 11) is 0. The third kappa shape index (κ3) is 3.67. The first-order chi connectivity index (χ1) is 9.08. The average molecular weight is 277 g/mol. The molecule has 2 rings (SSSR count). The van der Waals surface area contributed by atoms with E-state index in [1.165, 1.54) is 24.8 Å². The lowest BCUT2D eigenvalue weighted by atomic mass is 10.00. The van der Waals surface area contributed by atoms with Gasteiger partial charge in [-0.05, 0) is 57.5 Å². The van der Waals surface area contributed by atoms with Crippen LogP contribution in [0.4, 0.5) is 5.69 Å². The van der Waals surface area contributed by atoms with Crippen molar-refractivity contribution in [1.29, 1.82) is 0 Å². The van der Waals surface area contributed by atoms with Gasteiger partial charge in [0.25, 0.3) is 0 Å². The van der Waals surface area contributed by atoms with Crippen LogP contribution in [0.5, 0.6) is 0 Å². The Morgan fingerprint density at radius 1 is 1.21 bits per heavy atom. The number of nitrogens with one attached hydrogen (secondary N) is 2. The molecule has 0 aliphatic carbocycles. The number of anilines is 1. The average Bonchev–Trinajstić information content (AvgIpc) is 2.37. The van der Waals surface area contributed by atoms with Gasteiger partial charge in [0.05, 0.1) is 0 Å². The van der Waals surface area contributed by atoms with Crippen molar-refractivity contribution in [3.05, 3.63) is 29.8 Å². The van der Waals surface area contributed by atoms with E-state index in [9.17, 15) is 0 Å². The number of rotatable bonds is 2. The van der Waals surface area contributed by atoms with Gasteiger partial charge in [0.2, 0.25) is 0 Å². The summed E-state index contributed by atoms with van der Waals surface area (Å²) in [6.45, 7) is 6.58. The van der Waals surface area contributed by atoms with Crippen LogP contribution in [-0.4, -0.2) is 22.2 Å². The van der Waals surface area contributed by atoms with Gasteiger partial charge in [0.1, 0.15) is 0 Å². The Morgan fingerprint density at radius 2 is 1.84 bits per heavy atom. The van der Waals surface area contributed by atoms with Crippen LogP contribution in [0.2, 0.25) is 0 Å². The molecule has 19 heavy (non-hydrogen) atoms. The highest BCUT2D eigenvalue weighted by Gasteiger charge is 2.25. The van der Waals surface area contributed by atoms with Crippen molar-refractivity contribution in [2.24, 2.45) is 0 Å². The number of hydrogen-bond donors (Lipinski definition) is 2. The fraction of sp³-hybridized carbons (Fsp3) is 0.533. The maximum absolute atomic E-state index is 5.42. The van der Waals surface area contributed by atoms with Gasteiger partial charge in [-0.1, -0.05) is 24.6 Å². The fourth-order valence-corrected chi connectivity index (χ4v) is 2.84. The molecular formula is C15H23N3S. The molecular weight excluding hydrogens is 254 g/mol. The maximum atomic E-state index is 5.42. The number of piperidine rings is 1. The molecule has 2 N–H and O–H groups in total. The van der Waals surface area contributed by atoms with Gasteiger partial charge >= 0.3 is 0 Å². The van der Waals surface area contributed by atoms with E-state index >= 15 is 0 Å². The predicted molar refractivity (Wildman–Crippen MR) is 85.1 cm³/mol. The summed E-state index contributed by atoms with van der Waals surface area (Å²) < 4.78 is 0. The molecule has 4 heteroatoms. The third-order valence-electron chi connectivity index (χ3n) is 3.82. The summed E-state index contributed by atoms with van der Waals surface area (Å²) >= 11 is 5.42. The van der Waals surface area contributed by atoms with Crippen molar-refractivity contribution in [1.82, 2.24) is 10.4 Å². The van der Waals surface area contributed by atoms with Gasteiger partial charge in [-0.25, -0.2) is 5.01 Å². The molecule has 0 radical (unpaired) electrons. The van der Waals surface area contributed by atoms with Gasteiger partial charge in [0.15, 0.2) is 5.11 Å². The summed E-state index contributed by atoms with van der Waals surface area (Å²) in [6, 6.07) is 9.24. The van der Waals surface area contributed by atoms with Crippen LogP contribution in [0.25, 0.3) is 0 Å². The third-order valence-corrected chi connectivity index (χ3v) is 4.01. The minimum atomic E-state index is 0.528. The summed E-state index contributed by atoms with van der Waals surface area (Å²) in [5.74, 6) is 0. The SMILES string of the molecule is Cc1ccccc1NC(=S)NN1C(C)CCCC1C. The summed E-state index contributed by atoms with van der Waals surface area (Å²) in [5.41, 5.74) is 5.62. The first-order valence-corrected chi connectivity index (χ1v) is 7.40. The zero-order valence-electron chi connectivity index (χ0n) is 11.9. The maximum Gasteiger partial charge on any atom is 0.185 e. The zero-order valence-corrected chi connectivity index (χ0v) is 12.8. The lowest BCUT2D eigenvalue weighted by molar-refractivity contribution is 0.0750. The van der Waals surface area contributed by atoms with E-state index in [0.29, 0.717) is 17.2 Å². The Labute approximate surface area is 121 Å². The quantitative estimate of drug-likeness (QED) is 0.810. The highest BCUT2D eigenvalue weighted by atomic mass is 32.1. The van der Waals surface area contributed by atoms with Gasteiger partial charge in [-0.2, -0.15) is 0 Å². The molecule has 1 aromatic rings. The van der Waals surface area contributed by atoms with Crippen molar-refractivity contribution in [3.63, 3.8) is 0 Å². The van der Waals surface area contributed by atoms with Crippen LogP contribution in [0, 0.1) is 6.92 Å². The first kappa shape index (κ1) is 14.3. The van der Waals surface area contributed by atoms with Crippen molar-refractivity contribution < 1.29 is 0 Å². The lowest BCUT2D eigenvalue weighted by Gasteiger charge is -2.39. The minimum Gasteiger partial charge on any atom is -0.331 e. The van der Waals surface area contributed by atoms with E-state index in [1.54, 1.807) is 0 Å². The Bertz CT molecular complexity index is 437. The second-order valence-corrected chi connectivity index (χ2v) is 5.83. The van der Waals surface area contributed by atoms with Crippen LogP contribution < -0.4 is 10.7 Å². The molecule has 104 valence electrons. The molecule has 1 aromatic carbocycles. The van der Waals surface area contributed by atoms with E-state index in [0.717, 1.165) is 5.69 Å². The topological polar surface area (TPSA) is 27.3 Å². The number of hydrogen-bond acceptors (Lipinski definition) is 2. The highest BCUT2D eigenvalue weighted by Crippen LogP contribution is 2.20. The lowest BCUT2D eigenvalue weighted by Crippen LogP contribution is -2.55. The van der Waals surface area contributed by atoms with Crippen molar-refractivity contribution in [2.45, 2.75) is 52.1 Å². The Kier molecular flexibility index (Phi) is 4.77. The molecule has 2 atom stereocenters. The van der Waals surface area contributed by atoms with Crippen LogP contribution >= 0.6 is 12.2 Å². The zero-order chi connectivity index (χ0) is 13.8. The number of aryl methyl sites for hydroxylation is 1. The van der Waals surface area contributed by atoms with Gasteiger partial charge in [-0.3, -0.25) is 5.43 Å². The van der Waals surface area contributed by atoms with Crippen LogP contribution in [-0.2, 0) is 0 Å². The summed E-state index contributed by atoms with van der Waals surface area (Å²) in [5, 5.41) is 6.23. The summed E-state index contributed by atoms with van der Waals surface area (Å²) in [4.78, 5) is 0. The van der Waals surface area contributed by atoms with E-state index in [2.05, 4.69) is 42.6 Å². The molecule has 1 saturated heterocycles. The second kappa shape index (κ2) is 6.35. The molecule has 3 nitrogen and oxygen atoms in total. The highest BCUT2D eigenvalue weighted by molar-refractivity contribution is 7.80. The van der Waals surface area contributed by atoms with Crippen LogP contribution in [0.15, 0.2) is 24.3 Å². The van der Waals surface area contributed by atoms with Crippen LogP contribution in [0.1, 0.15) is 38.7 Å². The predicted octanol–water partition coefficient (Wildman–Crippen LogP) is 3.46. The molecule has 0 saturated carbocycles. The van der Waals surface area contributed by atoms with E-state index in [4.69, 9.17) is 12.2 Å². The van der Waals surface area contributed by atoms with Gasteiger partial charge in [0, 0.05) is 17.8 Å². The molecule has 0 amide bonds. The van der Waals surface area contributed by atoms with Crippen molar-refractivity contribution >= 4 is 23.0 Å². The monoisotopic (exact) mass is 277 g/mol. The Balaban J connectivity index is 1.96. The standard InChI is InChI=1S/C15H23N3S/c1-11-7-4-5-10-14(11)16-15(19)17-18-12(2)8-6-9-13(18)3/h4-5,7,10,12-13H,6,8-9H2,1-3H3,(H2,16,17,19). The largest absolute Gasteiger partial charge is 0.331 e. The number of nitrogens with zero attached hydrogens (tertiary/aromatic N) is 1. The first-order valence-electron chi connectivity index (χ1n) is 6.99. The van der Waals surface area contributed by atoms with E-state index in [1.807, 2.05) is 18.2 Å². The fourth-order valence-electron chi connectivity index (χ4n) is 2.62. The number of thiocarbonyl (C=S) groups is 1. The van der Waals surface area contributed by atoms with Crippen molar-refractivity contribution in [3.8, 4) is 0 Å². The van der Waals surface area contributed by atoms with E-state index in [-0.39, 0.29) is 0 Å². The second-order valence-electron chi connectivity index (χ2n) is 5.42. The molecule has 1 fully saturated rings.